The number of hydrogen-bond acceptors (Lipinski definition) is 1. The highest BCUT2D eigenvalue weighted by Crippen LogP contribution is 2.43. The molecule has 0 bridgehead atoms. The smallest absolute Gasteiger partial charge is 0.0547 e. The molecule has 0 unspecified atom stereocenters. The average molecular weight is 789 g/mol. The molecule has 0 fully saturated rings. The lowest BCUT2D eigenvalue weighted by atomic mass is 9.93. The third-order valence-electron chi connectivity index (χ3n) is 12.5. The van der Waals surface area contributed by atoms with Crippen LogP contribution in [0.2, 0.25) is 0 Å². The Bertz CT molecular complexity index is 3640. The molecule has 0 saturated carbocycles. The van der Waals surface area contributed by atoms with Gasteiger partial charge in [0.05, 0.1) is 11.0 Å². The van der Waals surface area contributed by atoms with Gasteiger partial charge in [-0.15, -0.1) is 0 Å². The Labute approximate surface area is 360 Å². The van der Waals surface area contributed by atoms with Crippen LogP contribution in [-0.4, -0.2) is 4.57 Å². The zero-order chi connectivity index (χ0) is 41.0. The van der Waals surface area contributed by atoms with E-state index in [-0.39, 0.29) is 0 Å². The van der Waals surface area contributed by atoms with Gasteiger partial charge in [0.15, 0.2) is 0 Å². The van der Waals surface area contributed by atoms with Crippen molar-refractivity contribution in [1.29, 1.82) is 0 Å². The average Bonchev–Trinajstić information content (AvgIpc) is 3.69. The number of rotatable bonds is 7. The fourth-order valence-corrected chi connectivity index (χ4v) is 9.65. The maximum atomic E-state index is 2.41. The van der Waals surface area contributed by atoms with Crippen LogP contribution in [0.25, 0.3) is 93.2 Å². The van der Waals surface area contributed by atoms with E-state index in [9.17, 15) is 0 Å². The molecule has 62 heavy (non-hydrogen) atoms. The second-order valence-electron chi connectivity index (χ2n) is 16.1. The summed E-state index contributed by atoms with van der Waals surface area (Å²) in [6.45, 7) is 0. The molecule has 0 atom stereocenters. The predicted octanol–water partition coefficient (Wildman–Crippen LogP) is 16.7. The highest BCUT2D eigenvalue weighted by atomic mass is 15.1. The van der Waals surface area contributed by atoms with Gasteiger partial charge in [-0.2, -0.15) is 0 Å². The standard InChI is InChI=1S/C60H40N2/c1-2-20-48(21-3-1)62-58-29-11-10-27-56(58)60-53(28-14-30-59(60)62)46-19-13-23-51(39-46)61(50-22-12-18-44(38-50)45-32-31-41-15-4-5-16-43(41)37-45)49-35-33-42(34-36-49)57-40-47-17-6-7-24-52(47)54-25-8-9-26-55(54)57/h1-40H. The first-order valence-electron chi connectivity index (χ1n) is 21.3. The first-order chi connectivity index (χ1) is 30.7. The SMILES string of the molecule is c1ccc(-n2c3ccccc3c3c(-c4cccc(N(c5ccc(-c6cc7ccccc7c7ccccc67)cc5)c5cccc(-c6ccc7ccccc7c6)c5)c4)cccc32)cc1. The summed E-state index contributed by atoms with van der Waals surface area (Å²) >= 11 is 0. The van der Waals surface area contributed by atoms with Crippen LogP contribution in [0.1, 0.15) is 0 Å². The zero-order valence-electron chi connectivity index (χ0n) is 34.0. The number of fused-ring (bicyclic) bond motifs is 7. The van der Waals surface area contributed by atoms with Crippen molar-refractivity contribution in [2.75, 3.05) is 4.90 Å². The first-order valence-corrected chi connectivity index (χ1v) is 21.3. The van der Waals surface area contributed by atoms with Crippen molar-refractivity contribution in [3.8, 4) is 39.1 Å². The van der Waals surface area contributed by atoms with E-state index in [2.05, 4.69) is 252 Å². The molecule has 12 rings (SSSR count). The summed E-state index contributed by atoms with van der Waals surface area (Å²) in [5.41, 5.74) is 14.0. The van der Waals surface area contributed by atoms with Gasteiger partial charge >= 0.3 is 0 Å². The number of benzene rings is 11. The molecule has 0 aliphatic heterocycles. The maximum absolute atomic E-state index is 2.41. The van der Waals surface area contributed by atoms with Gasteiger partial charge in [0.2, 0.25) is 0 Å². The van der Waals surface area contributed by atoms with Gasteiger partial charge in [-0.25, -0.2) is 0 Å². The van der Waals surface area contributed by atoms with Crippen molar-refractivity contribution in [1.82, 2.24) is 4.57 Å². The van der Waals surface area contributed by atoms with Crippen molar-refractivity contribution in [3.05, 3.63) is 243 Å². The molecule has 0 saturated heterocycles. The molecule has 2 nitrogen and oxygen atoms in total. The molecule has 11 aromatic carbocycles. The largest absolute Gasteiger partial charge is 0.310 e. The molecule has 0 N–H and O–H groups in total. The molecular formula is C60H40N2. The third kappa shape index (κ3) is 6.04. The Hall–Kier alpha value is -8.20. The van der Waals surface area contributed by atoms with Crippen molar-refractivity contribution in [2.24, 2.45) is 0 Å². The van der Waals surface area contributed by atoms with Crippen molar-refractivity contribution in [3.63, 3.8) is 0 Å². The van der Waals surface area contributed by atoms with Crippen molar-refractivity contribution >= 4 is 71.2 Å². The summed E-state index contributed by atoms with van der Waals surface area (Å²) in [5.74, 6) is 0. The Morgan fingerprint density at radius 2 is 0.855 bits per heavy atom. The quantitative estimate of drug-likeness (QED) is 0.146. The van der Waals surface area contributed by atoms with E-state index < -0.39 is 0 Å². The van der Waals surface area contributed by atoms with Gasteiger partial charge < -0.3 is 9.47 Å². The molecule has 1 aromatic heterocycles. The van der Waals surface area contributed by atoms with Crippen LogP contribution in [0, 0.1) is 0 Å². The van der Waals surface area contributed by atoms with Gasteiger partial charge in [-0.1, -0.05) is 170 Å². The molecule has 2 heteroatoms. The lowest BCUT2D eigenvalue weighted by molar-refractivity contribution is 1.18. The van der Waals surface area contributed by atoms with Gasteiger partial charge in [0.25, 0.3) is 0 Å². The highest BCUT2D eigenvalue weighted by molar-refractivity contribution is 6.16. The van der Waals surface area contributed by atoms with E-state index in [1.807, 2.05) is 0 Å². The summed E-state index contributed by atoms with van der Waals surface area (Å²) in [6, 6.07) is 88.5. The van der Waals surface area contributed by atoms with E-state index in [4.69, 9.17) is 0 Å². The van der Waals surface area contributed by atoms with Crippen LogP contribution in [0.4, 0.5) is 17.1 Å². The maximum Gasteiger partial charge on any atom is 0.0547 e. The Morgan fingerprint density at radius 3 is 1.66 bits per heavy atom. The van der Waals surface area contributed by atoms with E-state index in [1.54, 1.807) is 0 Å². The van der Waals surface area contributed by atoms with E-state index in [1.165, 1.54) is 87.5 Å². The summed E-state index contributed by atoms with van der Waals surface area (Å²) < 4.78 is 2.39. The van der Waals surface area contributed by atoms with Gasteiger partial charge in [0, 0.05) is 33.5 Å². The van der Waals surface area contributed by atoms with Crippen molar-refractivity contribution < 1.29 is 0 Å². The minimum absolute atomic E-state index is 1.09. The van der Waals surface area contributed by atoms with Crippen LogP contribution < -0.4 is 4.90 Å². The fraction of sp³-hybridized carbons (Fsp3) is 0. The molecule has 0 aliphatic carbocycles. The number of hydrogen-bond donors (Lipinski definition) is 0. The third-order valence-corrected chi connectivity index (χ3v) is 12.5. The minimum atomic E-state index is 1.09. The van der Waals surface area contributed by atoms with Gasteiger partial charge in [-0.3, -0.25) is 0 Å². The fourth-order valence-electron chi connectivity index (χ4n) is 9.65. The van der Waals surface area contributed by atoms with Crippen LogP contribution in [0.3, 0.4) is 0 Å². The minimum Gasteiger partial charge on any atom is -0.310 e. The Kier molecular flexibility index (Phi) is 8.53. The second-order valence-corrected chi connectivity index (χ2v) is 16.1. The van der Waals surface area contributed by atoms with E-state index in [0.717, 1.165) is 22.7 Å². The number of anilines is 3. The molecule has 290 valence electrons. The van der Waals surface area contributed by atoms with E-state index in [0.29, 0.717) is 0 Å². The summed E-state index contributed by atoms with van der Waals surface area (Å²) in [5, 5.41) is 10.0. The first kappa shape index (κ1) is 35.7. The molecule has 0 radical (unpaired) electrons. The zero-order valence-corrected chi connectivity index (χ0v) is 34.0. The summed E-state index contributed by atoms with van der Waals surface area (Å²) in [6.07, 6.45) is 0. The number of aromatic nitrogens is 1. The Morgan fingerprint density at radius 1 is 0.274 bits per heavy atom. The van der Waals surface area contributed by atoms with Crippen LogP contribution >= 0.6 is 0 Å². The topological polar surface area (TPSA) is 8.17 Å². The lowest BCUT2D eigenvalue weighted by Gasteiger charge is -2.27. The predicted molar refractivity (Wildman–Crippen MR) is 264 cm³/mol. The van der Waals surface area contributed by atoms with Crippen LogP contribution in [0.5, 0.6) is 0 Å². The normalized spacial score (nSPS) is 11.5. The van der Waals surface area contributed by atoms with Gasteiger partial charge in [-0.05, 0) is 138 Å². The molecule has 0 spiro atoms. The second kappa shape index (κ2) is 14.8. The monoisotopic (exact) mass is 788 g/mol. The molecule has 12 aromatic rings. The molecule has 1 heterocycles. The van der Waals surface area contributed by atoms with Crippen molar-refractivity contribution in [2.45, 2.75) is 0 Å². The molecular weight excluding hydrogens is 749 g/mol. The van der Waals surface area contributed by atoms with Crippen LogP contribution in [-0.2, 0) is 0 Å². The number of nitrogens with zero attached hydrogens (tertiary/aromatic N) is 2. The lowest BCUT2D eigenvalue weighted by Crippen LogP contribution is -2.10. The Balaban J connectivity index is 1.03. The van der Waals surface area contributed by atoms with Crippen LogP contribution in [0.15, 0.2) is 243 Å². The highest BCUT2D eigenvalue weighted by Gasteiger charge is 2.19. The molecule has 0 aliphatic rings. The number of para-hydroxylation sites is 2. The molecule has 0 amide bonds. The summed E-state index contributed by atoms with van der Waals surface area (Å²) in [4.78, 5) is 2.41. The van der Waals surface area contributed by atoms with Gasteiger partial charge in [0.1, 0.15) is 0 Å². The van der Waals surface area contributed by atoms with E-state index >= 15 is 0 Å². The summed E-state index contributed by atoms with van der Waals surface area (Å²) in [7, 11) is 0.